The Morgan fingerprint density at radius 2 is 1.62 bits per heavy atom. The summed E-state index contributed by atoms with van der Waals surface area (Å²) in [5, 5.41) is 8.85. The molecule has 37 heavy (non-hydrogen) atoms. The van der Waals surface area contributed by atoms with Gasteiger partial charge in [0, 0.05) is 37.2 Å². The van der Waals surface area contributed by atoms with E-state index < -0.39 is 17.8 Å². The second kappa shape index (κ2) is 11.1. The first-order chi connectivity index (χ1) is 17.8. The smallest absolute Gasteiger partial charge is 0.308 e. The average molecular weight is 497 g/mol. The molecule has 0 aliphatic rings. The first-order valence-electron chi connectivity index (χ1n) is 11.4. The molecule has 3 aromatic carbocycles. The minimum absolute atomic E-state index is 0.0435. The maximum atomic E-state index is 12.8. The third-order valence-corrected chi connectivity index (χ3v) is 5.17. The van der Waals surface area contributed by atoms with Gasteiger partial charge in [0.25, 0.3) is 5.91 Å². The molecule has 4 aromatic rings. The summed E-state index contributed by atoms with van der Waals surface area (Å²) < 4.78 is 11.9. The Hall–Kier alpha value is -5.05. The van der Waals surface area contributed by atoms with Crippen LogP contribution in [0.1, 0.15) is 35.3 Å². The van der Waals surface area contributed by atoms with Crippen molar-refractivity contribution < 1.29 is 23.9 Å². The van der Waals surface area contributed by atoms with Gasteiger partial charge in [-0.3, -0.25) is 14.4 Å². The quantitative estimate of drug-likeness (QED) is 0.175. The fourth-order valence-electron chi connectivity index (χ4n) is 3.51. The molecule has 1 aromatic heterocycles. The summed E-state index contributed by atoms with van der Waals surface area (Å²) in [6.07, 6.45) is 3.32. The van der Waals surface area contributed by atoms with Gasteiger partial charge in [0.1, 0.15) is 17.2 Å². The molecule has 1 N–H and O–H groups in total. The summed E-state index contributed by atoms with van der Waals surface area (Å²) in [5.74, 6) is -1.71. The molecule has 0 aliphatic heterocycles. The monoisotopic (exact) mass is 496 g/mol. The second-order valence-electron chi connectivity index (χ2n) is 8.12. The number of carbonyl (C=O) groups is 3. The molecule has 0 saturated heterocycles. The third-order valence-electron chi connectivity index (χ3n) is 5.17. The minimum atomic E-state index is -0.631. The van der Waals surface area contributed by atoms with Crippen molar-refractivity contribution in [2.45, 2.75) is 20.8 Å². The lowest BCUT2D eigenvalue weighted by Gasteiger charge is -2.09. The standard InChI is InChI=1S/C28H24N4O5/c1-18-9-11-21(12-10-18)27-22(17-32(31-27)23-7-5-4-6-8-23)16-29-30-28(35)25-14-13-24(36-19(2)33)15-26(25)37-20(3)34/h4-17H,1-3H3,(H,30,35)/b29-16-. The van der Waals surface area contributed by atoms with Crippen LogP contribution >= 0.6 is 0 Å². The van der Waals surface area contributed by atoms with Gasteiger partial charge in [-0.2, -0.15) is 10.2 Å². The number of ether oxygens (including phenoxy) is 2. The third kappa shape index (κ3) is 6.34. The van der Waals surface area contributed by atoms with E-state index in [0.29, 0.717) is 11.3 Å². The zero-order chi connectivity index (χ0) is 26.4. The second-order valence-corrected chi connectivity index (χ2v) is 8.12. The number of rotatable bonds is 7. The molecular weight excluding hydrogens is 472 g/mol. The lowest BCUT2D eigenvalue weighted by atomic mass is 10.1. The van der Waals surface area contributed by atoms with Crippen molar-refractivity contribution in [1.29, 1.82) is 0 Å². The number of aromatic nitrogens is 2. The van der Waals surface area contributed by atoms with Gasteiger partial charge in [0.05, 0.1) is 17.5 Å². The zero-order valence-corrected chi connectivity index (χ0v) is 20.5. The highest BCUT2D eigenvalue weighted by molar-refractivity contribution is 5.98. The van der Waals surface area contributed by atoms with E-state index in [1.54, 1.807) is 4.68 Å². The molecular formula is C28H24N4O5. The molecule has 0 atom stereocenters. The summed E-state index contributed by atoms with van der Waals surface area (Å²) >= 11 is 0. The van der Waals surface area contributed by atoms with Crippen LogP contribution in [-0.2, 0) is 9.59 Å². The number of amides is 1. The van der Waals surface area contributed by atoms with Crippen LogP contribution in [0.3, 0.4) is 0 Å². The van der Waals surface area contributed by atoms with Gasteiger partial charge in [-0.25, -0.2) is 10.1 Å². The van der Waals surface area contributed by atoms with Crippen LogP contribution in [0, 0.1) is 6.92 Å². The largest absolute Gasteiger partial charge is 0.427 e. The normalized spacial score (nSPS) is 10.8. The number of hydrazone groups is 1. The first-order valence-corrected chi connectivity index (χ1v) is 11.4. The van der Waals surface area contributed by atoms with Gasteiger partial charge in [-0.05, 0) is 31.2 Å². The molecule has 0 spiro atoms. The first kappa shape index (κ1) is 25.1. The number of benzene rings is 3. The molecule has 9 nitrogen and oxygen atoms in total. The van der Waals surface area contributed by atoms with E-state index in [9.17, 15) is 14.4 Å². The molecule has 186 valence electrons. The number of aryl methyl sites for hydroxylation is 1. The van der Waals surface area contributed by atoms with Gasteiger partial charge in [-0.1, -0.05) is 48.0 Å². The van der Waals surface area contributed by atoms with Crippen LogP contribution in [-0.4, -0.2) is 33.8 Å². The SMILES string of the molecule is CC(=O)Oc1ccc(C(=O)N/N=C\c2cn(-c3ccccc3)nc2-c2ccc(C)cc2)c(OC(C)=O)c1. The summed E-state index contributed by atoms with van der Waals surface area (Å²) in [7, 11) is 0. The maximum Gasteiger partial charge on any atom is 0.308 e. The van der Waals surface area contributed by atoms with Gasteiger partial charge in [-0.15, -0.1) is 0 Å². The summed E-state index contributed by atoms with van der Waals surface area (Å²) in [4.78, 5) is 35.6. The number of para-hydroxylation sites is 1. The van der Waals surface area contributed by atoms with Gasteiger partial charge in [0.2, 0.25) is 0 Å². The highest BCUT2D eigenvalue weighted by atomic mass is 16.5. The number of carbonyl (C=O) groups excluding carboxylic acids is 3. The Labute approximate surface area is 213 Å². The Morgan fingerprint density at radius 1 is 0.919 bits per heavy atom. The van der Waals surface area contributed by atoms with E-state index in [0.717, 1.165) is 16.8 Å². The average Bonchev–Trinajstić information content (AvgIpc) is 3.28. The van der Waals surface area contributed by atoms with E-state index in [1.807, 2.05) is 67.7 Å². The summed E-state index contributed by atoms with van der Waals surface area (Å²) in [6, 6.07) is 21.7. The van der Waals surface area contributed by atoms with Gasteiger partial charge < -0.3 is 9.47 Å². The number of esters is 2. The Kier molecular flexibility index (Phi) is 7.53. The van der Waals surface area contributed by atoms with Crippen molar-refractivity contribution in [3.8, 4) is 28.4 Å². The van der Waals surface area contributed by atoms with E-state index in [1.165, 1.54) is 38.3 Å². The van der Waals surface area contributed by atoms with Crippen LogP contribution in [0.5, 0.6) is 11.5 Å². The van der Waals surface area contributed by atoms with E-state index in [4.69, 9.17) is 14.6 Å². The Bertz CT molecular complexity index is 1470. The highest BCUT2D eigenvalue weighted by Crippen LogP contribution is 2.26. The van der Waals surface area contributed by atoms with Crippen LogP contribution in [0.2, 0.25) is 0 Å². The van der Waals surface area contributed by atoms with Crippen LogP contribution in [0.15, 0.2) is 84.1 Å². The lowest BCUT2D eigenvalue weighted by molar-refractivity contribution is -0.132. The fraction of sp³-hybridized carbons (Fsp3) is 0.107. The topological polar surface area (TPSA) is 112 Å². The Morgan fingerprint density at radius 3 is 2.30 bits per heavy atom. The predicted molar refractivity (Wildman–Crippen MR) is 138 cm³/mol. The number of hydrogen-bond donors (Lipinski definition) is 1. The molecule has 0 fully saturated rings. The molecule has 0 bridgehead atoms. The van der Waals surface area contributed by atoms with Crippen LogP contribution < -0.4 is 14.9 Å². The Balaban J connectivity index is 1.61. The molecule has 1 amide bonds. The molecule has 0 radical (unpaired) electrons. The van der Waals surface area contributed by atoms with E-state index in [-0.39, 0.29) is 17.1 Å². The lowest BCUT2D eigenvalue weighted by Crippen LogP contribution is -2.19. The van der Waals surface area contributed by atoms with Crippen molar-refractivity contribution in [1.82, 2.24) is 15.2 Å². The van der Waals surface area contributed by atoms with Crippen LogP contribution in [0.25, 0.3) is 16.9 Å². The minimum Gasteiger partial charge on any atom is -0.427 e. The fourth-order valence-corrected chi connectivity index (χ4v) is 3.51. The van der Waals surface area contributed by atoms with E-state index >= 15 is 0 Å². The zero-order valence-electron chi connectivity index (χ0n) is 20.5. The van der Waals surface area contributed by atoms with Crippen molar-refractivity contribution in [3.63, 3.8) is 0 Å². The van der Waals surface area contributed by atoms with Crippen molar-refractivity contribution in [2.24, 2.45) is 5.10 Å². The maximum absolute atomic E-state index is 12.8. The summed E-state index contributed by atoms with van der Waals surface area (Å²) in [6.45, 7) is 4.45. The van der Waals surface area contributed by atoms with Crippen molar-refractivity contribution >= 4 is 24.1 Å². The van der Waals surface area contributed by atoms with Crippen molar-refractivity contribution in [2.75, 3.05) is 0 Å². The van der Waals surface area contributed by atoms with Crippen LogP contribution in [0.4, 0.5) is 0 Å². The molecule has 0 saturated carbocycles. The molecule has 4 rings (SSSR count). The van der Waals surface area contributed by atoms with Crippen molar-refractivity contribution in [3.05, 3.63) is 95.7 Å². The molecule has 0 unspecified atom stereocenters. The number of nitrogens with one attached hydrogen (secondary N) is 1. The van der Waals surface area contributed by atoms with E-state index in [2.05, 4.69) is 10.5 Å². The predicted octanol–water partition coefficient (Wildman–Crippen LogP) is 4.46. The highest BCUT2D eigenvalue weighted by Gasteiger charge is 2.16. The molecule has 9 heteroatoms. The molecule has 1 heterocycles. The number of hydrogen-bond acceptors (Lipinski definition) is 7. The number of nitrogens with zero attached hydrogens (tertiary/aromatic N) is 3. The van der Waals surface area contributed by atoms with Gasteiger partial charge >= 0.3 is 11.9 Å². The van der Waals surface area contributed by atoms with Gasteiger partial charge in [0.15, 0.2) is 0 Å². The summed E-state index contributed by atoms with van der Waals surface area (Å²) in [5.41, 5.74) is 6.75. The molecule has 0 aliphatic carbocycles.